The number of amides is 1. The van der Waals surface area contributed by atoms with Crippen LogP contribution in [0.1, 0.15) is 27.2 Å². The molecule has 0 saturated heterocycles. The summed E-state index contributed by atoms with van der Waals surface area (Å²) in [6, 6.07) is 13.3. The maximum absolute atomic E-state index is 13.3. The first-order valence-electron chi connectivity index (χ1n) is 12.7. The van der Waals surface area contributed by atoms with Gasteiger partial charge in [0.1, 0.15) is 23.9 Å². The largest absolute Gasteiger partial charge is 0.494 e. The van der Waals surface area contributed by atoms with Crippen LogP contribution < -0.4 is 20.1 Å². The summed E-state index contributed by atoms with van der Waals surface area (Å²) < 4.78 is 14.2. The first-order chi connectivity index (χ1) is 18.8. The van der Waals surface area contributed by atoms with E-state index in [-0.39, 0.29) is 5.91 Å². The standard InChI is InChI=1S/C29H31BrN6O3/c1-18-6-5-7-22(30)26(18)33-28(37)21-12-13-36-24(21)11-8-19-17-31-29(34-27(19)36)32-23-10-9-20(16-25(23)38-4)39-15-14-35(2)3/h5-7,9-10,12-13,16-17H,8,11,14-15H2,1-4H3,(H,33,37)(H,31,32,34). The lowest BCUT2D eigenvalue weighted by Gasteiger charge is -2.20. The first-order valence-corrected chi connectivity index (χ1v) is 13.5. The number of nitrogens with zero attached hydrogens (tertiary/aromatic N) is 4. The molecule has 9 nitrogen and oxygen atoms in total. The van der Waals surface area contributed by atoms with Crippen molar-refractivity contribution in [1.29, 1.82) is 0 Å². The summed E-state index contributed by atoms with van der Waals surface area (Å²) in [4.78, 5) is 24.7. The number of rotatable bonds is 9. The predicted molar refractivity (Wildman–Crippen MR) is 156 cm³/mol. The van der Waals surface area contributed by atoms with E-state index in [1.807, 2.05) is 80.4 Å². The minimum Gasteiger partial charge on any atom is -0.494 e. The van der Waals surface area contributed by atoms with Gasteiger partial charge in [0.15, 0.2) is 0 Å². The van der Waals surface area contributed by atoms with E-state index in [2.05, 4.69) is 36.4 Å². The number of anilines is 3. The van der Waals surface area contributed by atoms with Gasteiger partial charge in [-0.1, -0.05) is 12.1 Å². The fraction of sp³-hybridized carbons (Fsp3) is 0.276. The molecule has 0 unspecified atom stereocenters. The van der Waals surface area contributed by atoms with Crippen molar-refractivity contribution in [2.24, 2.45) is 0 Å². The Kier molecular flexibility index (Phi) is 7.85. The van der Waals surface area contributed by atoms with Crippen LogP contribution >= 0.6 is 15.9 Å². The van der Waals surface area contributed by atoms with Crippen molar-refractivity contribution in [2.45, 2.75) is 19.8 Å². The van der Waals surface area contributed by atoms with E-state index >= 15 is 0 Å². The van der Waals surface area contributed by atoms with Crippen LogP contribution in [0.15, 0.2) is 59.3 Å². The monoisotopic (exact) mass is 590 g/mol. The molecule has 202 valence electrons. The number of likely N-dealkylation sites (N-methyl/N-ethyl adjacent to an activating group) is 1. The number of nitrogens with one attached hydrogen (secondary N) is 2. The van der Waals surface area contributed by atoms with Gasteiger partial charge in [0.25, 0.3) is 5.91 Å². The summed E-state index contributed by atoms with van der Waals surface area (Å²) >= 11 is 3.54. The first kappa shape index (κ1) is 26.7. The molecule has 10 heteroatoms. The molecule has 0 aliphatic carbocycles. The molecule has 2 aromatic carbocycles. The molecule has 1 aliphatic heterocycles. The van der Waals surface area contributed by atoms with Crippen molar-refractivity contribution < 1.29 is 14.3 Å². The number of aromatic nitrogens is 3. The van der Waals surface area contributed by atoms with E-state index < -0.39 is 0 Å². The Labute approximate surface area is 236 Å². The molecule has 2 N–H and O–H groups in total. The molecule has 0 atom stereocenters. The number of hydrogen-bond donors (Lipinski definition) is 2. The molecule has 2 aromatic heterocycles. The average Bonchev–Trinajstić information content (AvgIpc) is 3.36. The van der Waals surface area contributed by atoms with Gasteiger partial charge in [0.05, 0.1) is 24.0 Å². The fourth-order valence-electron chi connectivity index (χ4n) is 4.52. The Morgan fingerprint density at radius 1 is 1.18 bits per heavy atom. The highest BCUT2D eigenvalue weighted by Gasteiger charge is 2.24. The molecule has 0 fully saturated rings. The molecule has 0 saturated carbocycles. The zero-order valence-electron chi connectivity index (χ0n) is 22.4. The minimum atomic E-state index is -0.146. The lowest BCUT2D eigenvalue weighted by atomic mass is 10.0. The van der Waals surface area contributed by atoms with Crippen LogP contribution in [0.3, 0.4) is 0 Å². The lowest BCUT2D eigenvalue weighted by Crippen LogP contribution is -2.19. The average molecular weight is 592 g/mol. The number of carbonyl (C=O) groups is 1. The van der Waals surface area contributed by atoms with E-state index in [0.717, 1.165) is 63.6 Å². The van der Waals surface area contributed by atoms with Crippen molar-refractivity contribution in [2.75, 3.05) is 45.0 Å². The van der Waals surface area contributed by atoms with Crippen LogP contribution in [0.5, 0.6) is 11.5 Å². The smallest absolute Gasteiger partial charge is 0.257 e. The second-order valence-corrected chi connectivity index (χ2v) is 10.5. The maximum atomic E-state index is 13.3. The number of carbonyl (C=O) groups excluding carboxylic acids is 1. The van der Waals surface area contributed by atoms with Gasteiger partial charge in [-0.15, -0.1) is 0 Å². The minimum absolute atomic E-state index is 0.146. The summed E-state index contributed by atoms with van der Waals surface area (Å²) in [5.74, 6) is 2.40. The normalized spacial score (nSPS) is 12.1. The van der Waals surface area contributed by atoms with Gasteiger partial charge in [-0.05, 0) is 79.6 Å². The van der Waals surface area contributed by atoms with Crippen molar-refractivity contribution in [3.63, 3.8) is 0 Å². The van der Waals surface area contributed by atoms with Gasteiger partial charge >= 0.3 is 0 Å². The number of methoxy groups -OCH3 is 1. The number of aryl methyl sites for hydroxylation is 2. The summed E-state index contributed by atoms with van der Waals surface area (Å²) in [7, 11) is 5.63. The van der Waals surface area contributed by atoms with Crippen LogP contribution in [0.2, 0.25) is 0 Å². The van der Waals surface area contributed by atoms with Gasteiger partial charge in [0, 0.05) is 40.7 Å². The zero-order valence-corrected chi connectivity index (χ0v) is 24.0. The summed E-state index contributed by atoms with van der Waals surface area (Å²) in [6.45, 7) is 3.37. The van der Waals surface area contributed by atoms with E-state index in [4.69, 9.17) is 14.5 Å². The Bertz CT molecular complexity index is 1500. The molecule has 5 rings (SSSR count). The third kappa shape index (κ3) is 5.76. The number of para-hydroxylation sites is 1. The predicted octanol–water partition coefficient (Wildman–Crippen LogP) is 5.38. The van der Waals surface area contributed by atoms with Crippen molar-refractivity contribution in [3.05, 3.63) is 81.7 Å². The van der Waals surface area contributed by atoms with E-state index in [1.165, 1.54) is 0 Å². The molecular formula is C29H31BrN6O3. The maximum Gasteiger partial charge on any atom is 0.257 e. The molecule has 1 aliphatic rings. The Hall–Kier alpha value is -3.89. The molecule has 4 aromatic rings. The number of benzene rings is 2. The number of halogens is 1. The topological polar surface area (TPSA) is 93.5 Å². The number of hydrogen-bond acceptors (Lipinski definition) is 7. The van der Waals surface area contributed by atoms with Gasteiger partial charge in [0.2, 0.25) is 5.95 Å². The van der Waals surface area contributed by atoms with Crippen molar-refractivity contribution >= 4 is 39.2 Å². The molecule has 39 heavy (non-hydrogen) atoms. The van der Waals surface area contributed by atoms with Crippen molar-refractivity contribution in [1.82, 2.24) is 19.4 Å². The third-order valence-corrected chi connectivity index (χ3v) is 7.29. The van der Waals surface area contributed by atoms with Gasteiger partial charge in [-0.25, -0.2) is 4.98 Å². The Morgan fingerprint density at radius 2 is 2.03 bits per heavy atom. The number of ether oxygens (including phenoxy) is 2. The Morgan fingerprint density at radius 3 is 2.79 bits per heavy atom. The highest BCUT2D eigenvalue weighted by Crippen LogP contribution is 2.33. The summed E-state index contributed by atoms with van der Waals surface area (Å²) in [5.41, 5.74) is 5.07. The van der Waals surface area contributed by atoms with Gasteiger partial charge in [-0.2, -0.15) is 4.98 Å². The Balaban J connectivity index is 1.37. The quantitative estimate of drug-likeness (QED) is 0.270. The molecular weight excluding hydrogens is 560 g/mol. The van der Waals surface area contributed by atoms with E-state index in [1.54, 1.807) is 7.11 Å². The van der Waals surface area contributed by atoms with E-state index in [9.17, 15) is 4.79 Å². The van der Waals surface area contributed by atoms with Crippen molar-refractivity contribution in [3.8, 4) is 17.3 Å². The van der Waals surface area contributed by atoms with Crippen LogP contribution in [0.4, 0.5) is 17.3 Å². The van der Waals surface area contributed by atoms with Crippen LogP contribution in [0, 0.1) is 6.92 Å². The van der Waals surface area contributed by atoms with Crippen LogP contribution in [-0.2, 0) is 12.8 Å². The second kappa shape index (κ2) is 11.5. The van der Waals surface area contributed by atoms with Gasteiger partial charge in [-0.3, -0.25) is 4.79 Å². The van der Waals surface area contributed by atoms with Crippen LogP contribution in [-0.4, -0.2) is 59.7 Å². The van der Waals surface area contributed by atoms with E-state index in [0.29, 0.717) is 23.9 Å². The lowest BCUT2D eigenvalue weighted by molar-refractivity contribution is 0.102. The van der Waals surface area contributed by atoms with Crippen LogP contribution in [0.25, 0.3) is 5.82 Å². The molecule has 3 heterocycles. The summed E-state index contributed by atoms with van der Waals surface area (Å²) in [5, 5.41) is 6.34. The molecule has 0 spiro atoms. The highest BCUT2D eigenvalue weighted by molar-refractivity contribution is 9.10. The number of fused-ring (bicyclic) bond motifs is 3. The SMILES string of the molecule is COc1cc(OCCN(C)C)ccc1Nc1ncc2c(n1)-n1ccc(C(=O)Nc3c(C)cccc3Br)c1CC2. The summed E-state index contributed by atoms with van der Waals surface area (Å²) in [6.07, 6.45) is 5.20. The second-order valence-electron chi connectivity index (χ2n) is 9.61. The third-order valence-electron chi connectivity index (χ3n) is 6.62. The fourth-order valence-corrected chi connectivity index (χ4v) is 5.09. The molecule has 1 amide bonds. The highest BCUT2D eigenvalue weighted by atomic mass is 79.9. The molecule has 0 radical (unpaired) electrons. The zero-order chi connectivity index (χ0) is 27.5. The molecule has 0 bridgehead atoms. The van der Waals surface area contributed by atoms with Gasteiger partial charge < -0.3 is 29.6 Å².